The van der Waals surface area contributed by atoms with E-state index in [2.05, 4.69) is 149 Å². The van der Waals surface area contributed by atoms with E-state index >= 15 is 0 Å². The van der Waals surface area contributed by atoms with E-state index in [0.29, 0.717) is 17.5 Å². The second kappa shape index (κ2) is 14.6. The van der Waals surface area contributed by atoms with Crippen LogP contribution in [-0.4, -0.2) is 35.3 Å². The molecule has 0 saturated carbocycles. The van der Waals surface area contributed by atoms with Gasteiger partial charge in [-0.15, -0.1) is 21.5 Å². The van der Waals surface area contributed by atoms with Crippen LogP contribution in [0.15, 0.2) is 188 Å². The molecule has 0 spiro atoms. The van der Waals surface area contributed by atoms with Crippen molar-refractivity contribution < 1.29 is 0 Å². The molecule has 0 atom stereocenters. The van der Waals surface area contributed by atoms with Gasteiger partial charge in [0.25, 0.3) is 0 Å². The number of hydrogen-bond donors (Lipinski definition) is 0. The fraction of sp³-hybridized carbons (Fsp3) is 0. The summed E-state index contributed by atoms with van der Waals surface area (Å²) >= 11 is 1.61. The van der Waals surface area contributed by atoms with Gasteiger partial charge in [0, 0.05) is 33.0 Å². The minimum atomic E-state index is 0.627. The van der Waals surface area contributed by atoms with Gasteiger partial charge in [0.1, 0.15) is 16.0 Å². The predicted molar refractivity (Wildman–Crippen MR) is 239 cm³/mol. The molecule has 0 unspecified atom stereocenters. The van der Waals surface area contributed by atoms with E-state index in [4.69, 9.17) is 19.9 Å². The number of para-hydroxylation sites is 1. The van der Waals surface area contributed by atoms with Crippen molar-refractivity contribution in [3.05, 3.63) is 188 Å². The van der Waals surface area contributed by atoms with E-state index in [1.807, 2.05) is 54.6 Å². The van der Waals surface area contributed by atoms with Gasteiger partial charge in [-0.3, -0.25) is 0 Å². The summed E-state index contributed by atoms with van der Waals surface area (Å²) in [5.74, 6) is 1.90. The van der Waals surface area contributed by atoms with Gasteiger partial charge in [0.15, 0.2) is 17.5 Å². The average molecular weight is 774 g/mol. The summed E-state index contributed by atoms with van der Waals surface area (Å²) in [7, 11) is 0. The standard InChI is InChI=1S/C51H31N7S/c1-3-9-32(10-4-1)33-21-27-40(28-22-33)49-53-48(39-11-5-2-6-12-39)54-50(55-49)41-29-23-37(24-30-41)35-17-15-34(16-18-35)36-19-25-38(26-20-36)45-47-46(57-58-56-45)43-31-42-13-7-8-14-44(42)52-51(43)59-47/h1-31H. The number of hydrogen-bond acceptors (Lipinski definition) is 8. The van der Waals surface area contributed by atoms with Crippen molar-refractivity contribution in [2.75, 3.05) is 0 Å². The second-order valence-corrected chi connectivity index (χ2v) is 15.3. The van der Waals surface area contributed by atoms with Gasteiger partial charge in [0.05, 0.1) is 10.2 Å². The normalized spacial score (nSPS) is 11.4. The van der Waals surface area contributed by atoms with Crippen molar-refractivity contribution in [1.29, 1.82) is 0 Å². The maximum absolute atomic E-state index is 4.98. The van der Waals surface area contributed by atoms with Crippen LogP contribution < -0.4 is 0 Å². The summed E-state index contributed by atoms with van der Waals surface area (Å²) in [5, 5.41) is 15.1. The van der Waals surface area contributed by atoms with E-state index in [1.54, 1.807) is 11.3 Å². The Kier molecular flexibility index (Phi) is 8.52. The zero-order valence-electron chi connectivity index (χ0n) is 31.4. The second-order valence-electron chi connectivity index (χ2n) is 14.3. The number of aromatic nitrogens is 7. The molecular formula is C51H31N7S. The first kappa shape index (κ1) is 34.4. The molecule has 11 aromatic rings. The zero-order valence-corrected chi connectivity index (χ0v) is 32.3. The molecule has 7 aromatic carbocycles. The van der Waals surface area contributed by atoms with Gasteiger partial charge in [-0.1, -0.05) is 176 Å². The smallest absolute Gasteiger partial charge is 0.164 e. The van der Waals surface area contributed by atoms with Crippen molar-refractivity contribution in [1.82, 2.24) is 35.3 Å². The minimum Gasteiger partial charge on any atom is -0.237 e. The zero-order chi connectivity index (χ0) is 39.1. The first-order valence-corrected chi connectivity index (χ1v) is 20.1. The highest BCUT2D eigenvalue weighted by Gasteiger charge is 2.17. The highest BCUT2D eigenvalue weighted by molar-refractivity contribution is 7.25. The molecular weight excluding hydrogens is 743 g/mol. The molecule has 59 heavy (non-hydrogen) atoms. The lowest BCUT2D eigenvalue weighted by atomic mass is 9.98. The number of pyridine rings is 1. The van der Waals surface area contributed by atoms with E-state index in [-0.39, 0.29) is 0 Å². The Balaban J connectivity index is 0.852. The van der Waals surface area contributed by atoms with Crippen molar-refractivity contribution in [2.45, 2.75) is 0 Å². The Bertz CT molecular complexity index is 3280. The molecule has 0 fully saturated rings. The van der Waals surface area contributed by atoms with Crippen LogP contribution in [0.3, 0.4) is 0 Å². The number of fused-ring (bicyclic) bond motifs is 4. The van der Waals surface area contributed by atoms with E-state index in [9.17, 15) is 0 Å². The average Bonchev–Trinajstić information content (AvgIpc) is 3.69. The number of rotatable bonds is 7. The summed E-state index contributed by atoms with van der Waals surface area (Å²) in [6.45, 7) is 0. The van der Waals surface area contributed by atoms with E-state index < -0.39 is 0 Å². The quantitative estimate of drug-likeness (QED) is 0.159. The van der Waals surface area contributed by atoms with Crippen LogP contribution in [0.2, 0.25) is 0 Å². The maximum Gasteiger partial charge on any atom is 0.164 e. The van der Waals surface area contributed by atoms with Crippen LogP contribution >= 0.6 is 11.3 Å². The lowest BCUT2D eigenvalue weighted by Crippen LogP contribution is -2.00. The topological polar surface area (TPSA) is 90.2 Å². The molecule has 0 saturated heterocycles. The predicted octanol–water partition coefficient (Wildman–Crippen LogP) is 12.6. The summed E-state index contributed by atoms with van der Waals surface area (Å²) < 4.78 is 0.988. The summed E-state index contributed by atoms with van der Waals surface area (Å²) in [6.07, 6.45) is 0. The molecule has 8 heteroatoms. The molecule has 4 aromatic heterocycles. The largest absolute Gasteiger partial charge is 0.237 e. The summed E-state index contributed by atoms with van der Waals surface area (Å²) in [5.41, 5.74) is 13.2. The highest BCUT2D eigenvalue weighted by Crippen LogP contribution is 2.38. The molecule has 11 rings (SSSR count). The molecule has 0 aliphatic carbocycles. The van der Waals surface area contributed by atoms with Crippen LogP contribution in [0.25, 0.3) is 110 Å². The monoisotopic (exact) mass is 773 g/mol. The van der Waals surface area contributed by atoms with Crippen molar-refractivity contribution in [2.24, 2.45) is 0 Å². The van der Waals surface area contributed by atoms with Gasteiger partial charge >= 0.3 is 0 Å². The number of nitrogens with zero attached hydrogens (tertiary/aromatic N) is 7. The summed E-state index contributed by atoms with van der Waals surface area (Å²) in [6, 6.07) is 64.7. The Morgan fingerprint density at radius 3 is 1.27 bits per heavy atom. The Hall–Kier alpha value is -7.81. The lowest BCUT2D eigenvalue weighted by molar-refractivity contribution is 0.904. The van der Waals surface area contributed by atoms with E-state index in [0.717, 1.165) is 87.1 Å². The van der Waals surface area contributed by atoms with Gasteiger partial charge in [-0.2, -0.15) is 0 Å². The fourth-order valence-electron chi connectivity index (χ4n) is 7.50. The van der Waals surface area contributed by atoms with Crippen molar-refractivity contribution in [3.8, 4) is 78.8 Å². The first-order chi connectivity index (χ1) is 29.2. The molecule has 276 valence electrons. The number of benzene rings is 7. The molecule has 0 amide bonds. The van der Waals surface area contributed by atoms with Crippen LogP contribution in [0.1, 0.15) is 0 Å². The lowest BCUT2D eigenvalue weighted by Gasteiger charge is -2.10. The van der Waals surface area contributed by atoms with Crippen molar-refractivity contribution >= 4 is 42.7 Å². The third kappa shape index (κ3) is 6.57. The van der Waals surface area contributed by atoms with Gasteiger partial charge in [0.2, 0.25) is 0 Å². The molecule has 0 bridgehead atoms. The van der Waals surface area contributed by atoms with Crippen LogP contribution in [0.4, 0.5) is 0 Å². The number of thiophene rings is 1. The van der Waals surface area contributed by atoms with Crippen LogP contribution in [0.5, 0.6) is 0 Å². The van der Waals surface area contributed by atoms with Gasteiger partial charge < -0.3 is 0 Å². The third-order valence-electron chi connectivity index (χ3n) is 10.6. The SMILES string of the molecule is c1ccc(-c2ccc(-c3nc(-c4ccccc4)nc(-c4ccc(-c5ccc(-c6ccc(-c7nnnc8c7sc7nc9ccccc9cc78)cc6)cc5)cc4)n3)cc2)cc1. The maximum atomic E-state index is 4.98. The Morgan fingerprint density at radius 2 is 0.746 bits per heavy atom. The van der Waals surface area contributed by atoms with E-state index in [1.165, 1.54) is 5.56 Å². The third-order valence-corrected chi connectivity index (χ3v) is 11.7. The molecule has 4 heterocycles. The molecule has 0 aliphatic rings. The van der Waals surface area contributed by atoms with Crippen LogP contribution in [-0.2, 0) is 0 Å². The first-order valence-electron chi connectivity index (χ1n) is 19.3. The van der Waals surface area contributed by atoms with Gasteiger partial charge in [-0.05, 0) is 50.7 Å². The fourth-order valence-corrected chi connectivity index (χ4v) is 8.60. The van der Waals surface area contributed by atoms with Crippen molar-refractivity contribution in [3.63, 3.8) is 0 Å². The minimum absolute atomic E-state index is 0.627. The van der Waals surface area contributed by atoms with Crippen LogP contribution in [0, 0.1) is 0 Å². The molecule has 0 N–H and O–H groups in total. The van der Waals surface area contributed by atoms with Gasteiger partial charge in [-0.25, -0.2) is 19.9 Å². The Morgan fingerprint density at radius 1 is 0.339 bits per heavy atom. The molecule has 0 radical (unpaired) electrons. The molecule has 0 aliphatic heterocycles. The highest BCUT2D eigenvalue weighted by atomic mass is 32.1. The summed E-state index contributed by atoms with van der Waals surface area (Å²) in [4.78, 5) is 20.7. The Labute approximate surface area is 343 Å². The molecule has 7 nitrogen and oxygen atoms in total.